The van der Waals surface area contributed by atoms with Gasteiger partial charge >= 0.3 is 0 Å². The Morgan fingerprint density at radius 3 is 2.70 bits per heavy atom. The number of amides is 1. The van der Waals surface area contributed by atoms with Crippen LogP contribution in [0.5, 0.6) is 0 Å². The molecule has 2 rings (SSSR count). The normalized spacial score (nSPS) is 15.8. The molecule has 1 atom stereocenters. The summed E-state index contributed by atoms with van der Waals surface area (Å²) in [6, 6.07) is 4.37. The Morgan fingerprint density at radius 1 is 1.39 bits per heavy atom. The fourth-order valence-electron chi connectivity index (χ4n) is 2.84. The molecule has 1 heterocycles. The van der Waals surface area contributed by atoms with Crippen molar-refractivity contribution in [2.45, 2.75) is 44.6 Å². The maximum Gasteiger partial charge on any atom is 0.243 e. The molecule has 6 nitrogen and oxygen atoms in total. The third-order valence-corrected chi connectivity index (χ3v) is 5.45. The molecule has 0 radical (unpaired) electrons. The van der Waals surface area contributed by atoms with Gasteiger partial charge in [0.25, 0.3) is 0 Å². The van der Waals surface area contributed by atoms with Gasteiger partial charge in [-0.05, 0) is 36.5 Å². The van der Waals surface area contributed by atoms with E-state index in [4.69, 9.17) is 5.73 Å². The molecule has 1 amide bonds. The number of nitrogens with one attached hydrogen (secondary N) is 1. The molecular formula is C16H25N3O3S. The maximum absolute atomic E-state index is 12.6. The molecule has 7 heteroatoms. The summed E-state index contributed by atoms with van der Waals surface area (Å²) in [4.78, 5) is 14.4. The second-order valence-electron chi connectivity index (χ2n) is 6.27. The number of sulfonamides is 1. The Labute approximate surface area is 138 Å². The third kappa shape index (κ3) is 3.91. The fourth-order valence-corrected chi connectivity index (χ4v) is 3.90. The second-order valence-corrected chi connectivity index (χ2v) is 8.03. The molecule has 0 fully saturated rings. The van der Waals surface area contributed by atoms with Crippen LogP contribution in [-0.2, 0) is 21.2 Å². The van der Waals surface area contributed by atoms with Crippen LogP contribution in [0, 0.1) is 5.92 Å². The summed E-state index contributed by atoms with van der Waals surface area (Å²) in [5.41, 5.74) is 7.64. The number of carbonyl (C=O) groups is 1. The molecule has 1 aromatic rings. The first kappa shape index (κ1) is 17.9. The predicted octanol–water partition coefficient (Wildman–Crippen LogP) is 1.25. The van der Waals surface area contributed by atoms with Gasteiger partial charge in [0.1, 0.15) is 0 Å². The van der Waals surface area contributed by atoms with E-state index in [9.17, 15) is 13.2 Å². The van der Waals surface area contributed by atoms with E-state index in [1.165, 1.54) is 0 Å². The van der Waals surface area contributed by atoms with E-state index < -0.39 is 16.1 Å². The van der Waals surface area contributed by atoms with Crippen molar-refractivity contribution in [2.24, 2.45) is 11.7 Å². The van der Waals surface area contributed by atoms with Crippen molar-refractivity contribution >= 4 is 21.6 Å². The van der Waals surface area contributed by atoms with Gasteiger partial charge in [0.2, 0.25) is 15.9 Å². The summed E-state index contributed by atoms with van der Waals surface area (Å²) in [6.45, 7) is 6.63. The number of hydrogen-bond acceptors (Lipinski definition) is 4. The van der Waals surface area contributed by atoms with Crippen molar-refractivity contribution in [3.05, 3.63) is 23.8 Å². The van der Waals surface area contributed by atoms with Gasteiger partial charge in [0.15, 0.2) is 0 Å². The molecule has 1 aromatic carbocycles. The lowest BCUT2D eigenvalue weighted by atomic mass is 10.0. The van der Waals surface area contributed by atoms with Crippen LogP contribution in [0.1, 0.15) is 32.8 Å². The molecule has 0 saturated heterocycles. The highest BCUT2D eigenvalue weighted by molar-refractivity contribution is 7.89. The van der Waals surface area contributed by atoms with Gasteiger partial charge in [0, 0.05) is 18.8 Å². The summed E-state index contributed by atoms with van der Waals surface area (Å²) < 4.78 is 26.8. The molecule has 3 N–H and O–H groups in total. The van der Waals surface area contributed by atoms with Crippen LogP contribution in [-0.4, -0.2) is 33.5 Å². The van der Waals surface area contributed by atoms with Gasteiger partial charge in [-0.3, -0.25) is 4.79 Å². The second kappa shape index (κ2) is 6.98. The van der Waals surface area contributed by atoms with Crippen molar-refractivity contribution in [3.63, 3.8) is 0 Å². The van der Waals surface area contributed by atoms with E-state index in [0.717, 1.165) is 12.0 Å². The highest BCUT2D eigenvalue weighted by Crippen LogP contribution is 2.31. The zero-order valence-corrected chi connectivity index (χ0v) is 14.7. The number of fused-ring (bicyclic) bond motifs is 1. The number of nitrogens with zero attached hydrogens (tertiary/aromatic N) is 1. The monoisotopic (exact) mass is 339 g/mol. The number of nitrogens with two attached hydrogens (primary N) is 1. The lowest BCUT2D eigenvalue weighted by molar-refractivity contribution is -0.120. The molecule has 23 heavy (non-hydrogen) atoms. The highest BCUT2D eigenvalue weighted by Gasteiger charge is 2.30. The van der Waals surface area contributed by atoms with Crippen LogP contribution < -0.4 is 15.4 Å². The lowest BCUT2D eigenvalue weighted by Gasteiger charge is -2.23. The average molecular weight is 339 g/mol. The molecular weight excluding hydrogens is 314 g/mol. The van der Waals surface area contributed by atoms with E-state index in [1.807, 2.05) is 13.8 Å². The zero-order valence-electron chi connectivity index (χ0n) is 13.9. The number of benzene rings is 1. The largest absolute Gasteiger partial charge is 0.320 e. The van der Waals surface area contributed by atoms with E-state index in [0.29, 0.717) is 31.1 Å². The Kier molecular flexibility index (Phi) is 5.44. The fraction of sp³-hybridized carbons (Fsp3) is 0.562. The summed E-state index contributed by atoms with van der Waals surface area (Å²) in [6.07, 6.45) is 1.33. The van der Waals surface area contributed by atoms with Crippen molar-refractivity contribution in [1.82, 2.24) is 4.72 Å². The summed E-state index contributed by atoms with van der Waals surface area (Å²) in [7, 11) is -3.54. The predicted molar refractivity (Wildman–Crippen MR) is 90.8 cm³/mol. The topological polar surface area (TPSA) is 92.5 Å². The first-order valence-corrected chi connectivity index (χ1v) is 9.44. The van der Waals surface area contributed by atoms with Gasteiger partial charge in [-0.15, -0.1) is 0 Å². The quantitative estimate of drug-likeness (QED) is 0.816. The minimum atomic E-state index is -3.54. The van der Waals surface area contributed by atoms with Crippen LogP contribution in [0.4, 0.5) is 5.69 Å². The van der Waals surface area contributed by atoms with Crippen LogP contribution in [0.15, 0.2) is 23.1 Å². The summed E-state index contributed by atoms with van der Waals surface area (Å²) in [5.74, 6) is 0.187. The maximum atomic E-state index is 12.6. The highest BCUT2D eigenvalue weighted by atomic mass is 32.2. The molecule has 0 bridgehead atoms. The van der Waals surface area contributed by atoms with Crippen LogP contribution in [0.25, 0.3) is 0 Å². The van der Waals surface area contributed by atoms with E-state index in [2.05, 4.69) is 4.72 Å². The SMILES string of the molecule is CCNS(=O)(=O)c1ccc2c(c1)N(C(=O)[C@@H](N)CC(C)C)CC2. The lowest BCUT2D eigenvalue weighted by Crippen LogP contribution is -2.43. The molecule has 0 aliphatic carbocycles. The molecule has 0 aromatic heterocycles. The Morgan fingerprint density at radius 2 is 2.09 bits per heavy atom. The Balaban J connectivity index is 2.30. The molecule has 0 saturated carbocycles. The molecule has 1 aliphatic heterocycles. The molecule has 0 spiro atoms. The zero-order chi connectivity index (χ0) is 17.2. The van der Waals surface area contributed by atoms with E-state index in [1.54, 1.807) is 30.0 Å². The minimum Gasteiger partial charge on any atom is -0.320 e. The average Bonchev–Trinajstić information content (AvgIpc) is 2.88. The van der Waals surface area contributed by atoms with Crippen LogP contribution in [0.2, 0.25) is 0 Å². The summed E-state index contributed by atoms with van der Waals surface area (Å²) in [5, 5.41) is 0. The van der Waals surface area contributed by atoms with Crippen molar-refractivity contribution < 1.29 is 13.2 Å². The van der Waals surface area contributed by atoms with Crippen molar-refractivity contribution in [2.75, 3.05) is 18.0 Å². The van der Waals surface area contributed by atoms with Gasteiger partial charge in [-0.25, -0.2) is 13.1 Å². The number of hydrogen-bond donors (Lipinski definition) is 2. The molecule has 128 valence electrons. The van der Waals surface area contributed by atoms with Gasteiger partial charge in [-0.2, -0.15) is 0 Å². The number of carbonyl (C=O) groups excluding carboxylic acids is 1. The number of anilines is 1. The van der Waals surface area contributed by atoms with Gasteiger partial charge < -0.3 is 10.6 Å². The Hall–Kier alpha value is -1.44. The standard InChI is InChI=1S/C16H25N3O3S/c1-4-18-23(21,22)13-6-5-12-7-8-19(15(12)10-13)16(20)14(17)9-11(2)3/h5-6,10-11,14,18H,4,7-9,17H2,1-3H3/t14-/m0/s1. The van der Waals surface area contributed by atoms with Crippen LogP contribution >= 0.6 is 0 Å². The van der Waals surface area contributed by atoms with Crippen molar-refractivity contribution in [1.29, 1.82) is 0 Å². The van der Waals surface area contributed by atoms with Gasteiger partial charge in [0.05, 0.1) is 10.9 Å². The van der Waals surface area contributed by atoms with Gasteiger partial charge in [-0.1, -0.05) is 26.8 Å². The van der Waals surface area contributed by atoms with E-state index >= 15 is 0 Å². The van der Waals surface area contributed by atoms with E-state index in [-0.39, 0.29) is 10.8 Å². The van der Waals surface area contributed by atoms with Crippen molar-refractivity contribution in [3.8, 4) is 0 Å². The number of rotatable bonds is 6. The molecule has 0 unspecified atom stereocenters. The third-order valence-electron chi connectivity index (χ3n) is 3.91. The molecule has 1 aliphatic rings. The Bertz CT molecular complexity index is 686. The summed E-state index contributed by atoms with van der Waals surface area (Å²) >= 11 is 0. The first-order valence-electron chi connectivity index (χ1n) is 7.95. The first-order chi connectivity index (χ1) is 10.8. The van der Waals surface area contributed by atoms with Crippen LogP contribution in [0.3, 0.4) is 0 Å². The minimum absolute atomic E-state index is 0.143. The smallest absolute Gasteiger partial charge is 0.243 e.